The first-order chi connectivity index (χ1) is 12.1. The number of hydrogen-bond donors (Lipinski definition) is 2. The number of ether oxygens (including phenoxy) is 1. The van der Waals surface area contributed by atoms with Crippen LogP contribution in [-0.4, -0.2) is 25.2 Å². The number of halogens is 1. The van der Waals surface area contributed by atoms with Crippen molar-refractivity contribution in [3.63, 3.8) is 0 Å². The Balaban J connectivity index is 1.92. The number of anilines is 1. The summed E-state index contributed by atoms with van der Waals surface area (Å²) in [4.78, 5) is 24.1. The second-order valence-corrected chi connectivity index (χ2v) is 5.48. The van der Waals surface area contributed by atoms with E-state index in [0.29, 0.717) is 12.1 Å². The number of rotatable bonds is 7. The largest absolute Gasteiger partial charge is 0.466 e. The first kappa shape index (κ1) is 18.4. The fraction of sp³-hybridized carbons (Fsp3) is 0.263. The van der Waals surface area contributed by atoms with Crippen LogP contribution in [0.15, 0.2) is 54.6 Å². The number of carbonyl (C=O) groups excluding carboxylic acids is 2. The van der Waals surface area contributed by atoms with Gasteiger partial charge in [-0.25, -0.2) is 9.18 Å². The van der Waals surface area contributed by atoms with Crippen molar-refractivity contribution in [2.45, 2.75) is 13.3 Å². The standard InChI is InChI=1S/C19H21FN2O3/c1-2-25-18(23)15(12-14-6-4-3-5-7-14)13-21-19(24)22-17-10-8-16(20)9-11-17/h3-11,15H,2,12-13H2,1H3,(H2,21,22,24). The van der Waals surface area contributed by atoms with Crippen LogP contribution in [0.3, 0.4) is 0 Å². The Morgan fingerprint density at radius 3 is 2.40 bits per heavy atom. The van der Waals surface area contributed by atoms with Gasteiger partial charge in [-0.3, -0.25) is 4.79 Å². The molecule has 1 unspecified atom stereocenters. The smallest absolute Gasteiger partial charge is 0.319 e. The average Bonchev–Trinajstić information content (AvgIpc) is 2.61. The minimum atomic E-state index is -0.485. The number of nitrogens with one attached hydrogen (secondary N) is 2. The molecule has 0 radical (unpaired) electrons. The van der Waals surface area contributed by atoms with Gasteiger partial charge in [-0.2, -0.15) is 0 Å². The molecule has 2 aromatic carbocycles. The van der Waals surface area contributed by atoms with E-state index in [9.17, 15) is 14.0 Å². The minimum Gasteiger partial charge on any atom is -0.466 e. The van der Waals surface area contributed by atoms with Gasteiger partial charge in [0.1, 0.15) is 5.82 Å². The van der Waals surface area contributed by atoms with E-state index in [0.717, 1.165) is 5.56 Å². The Bertz CT molecular complexity index is 690. The zero-order valence-electron chi connectivity index (χ0n) is 14.0. The molecular formula is C19H21FN2O3. The molecule has 132 valence electrons. The zero-order valence-corrected chi connectivity index (χ0v) is 14.0. The van der Waals surface area contributed by atoms with Gasteiger partial charge in [0.2, 0.25) is 0 Å². The summed E-state index contributed by atoms with van der Waals surface area (Å²) in [6.45, 7) is 2.17. The molecule has 25 heavy (non-hydrogen) atoms. The van der Waals surface area contributed by atoms with E-state index in [2.05, 4.69) is 10.6 Å². The van der Waals surface area contributed by atoms with Gasteiger partial charge in [-0.1, -0.05) is 30.3 Å². The number of amides is 2. The molecule has 1 atom stereocenters. The molecule has 5 nitrogen and oxygen atoms in total. The number of esters is 1. The monoisotopic (exact) mass is 344 g/mol. The fourth-order valence-electron chi connectivity index (χ4n) is 2.32. The summed E-state index contributed by atoms with van der Waals surface area (Å²) in [5.41, 5.74) is 1.45. The summed E-state index contributed by atoms with van der Waals surface area (Å²) in [5, 5.41) is 5.25. The molecule has 0 fully saturated rings. The van der Waals surface area contributed by atoms with Gasteiger partial charge >= 0.3 is 12.0 Å². The van der Waals surface area contributed by atoms with Gasteiger partial charge in [0.25, 0.3) is 0 Å². The second-order valence-electron chi connectivity index (χ2n) is 5.48. The van der Waals surface area contributed by atoms with Crippen LogP contribution >= 0.6 is 0 Å². The molecule has 2 aromatic rings. The Morgan fingerprint density at radius 2 is 1.76 bits per heavy atom. The molecule has 2 N–H and O–H groups in total. The van der Waals surface area contributed by atoms with E-state index >= 15 is 0 Å². The van der Waals surface area contributed by atoms with Gasteiger partial charge < -0.3 is 15.4 Å². The predicted octanol–water partition coefficient (Wildman–Crippen LogP) is 3.37. The lowest BCUT2D eigenvalue weighted by atomic mass is 9.99. The third-order valence-electron chi connectivity index (χ3n) is 3.56. The maximum Gasteiger partial charge on any atom is 0.319 e. The Kier molecular flexibility index (Phi) is 6.95. The molecule has 0 aliphatic carbocycles. The van der Waals surface area contributed by atoms with Crippen LogP contribution in [0.1, 0.15) is 12.5 Å². The molecule has 0 spiro atoms. The number of carbonyl (C=O) groups is 2. The molecule has 6 heteroatoms. The number of benzene rings is 2. The van der Waals surface area contributed by atoms with Gasteiger partial charge in [0.15, 0.2) is 0 Å². The molecule has 0 aliphatic rings. The topological polar surface area (TPSA) is 67.4 Å². The number of urea groups is 1. The molecule has 0 heterocycles. The van der Waals surface area contributed by atoms with Crippen molar-refractivity contribution in [2.24, 2.45) is 5.92 Å². The lowest BCUT2D eigenvalue weighted by Gasteiger charge is -2.17. The van der Waals surface area contributed by atoms with E-state index in [-0.39, 0.29) is 24.9 Å². The lowest BCUT2D eigenvalue weighted by Crippen LogP contribution is -2.37. The lowest BCUT2D eigenvalue weighted by molar-refractivity contribution is -0.147. The summed E-state index contributed by atoms with van der Waals surface area (Å²) in [7, 11) is 0. The Morgan fingerprint density at radius 1 is 1.08 bits per heavy atom. The van der Waals surface area contributed by atoms with Crippen molar-refractivity contribution in [1.29, 1.82) is 0 Å². The normalized spacial score (nSPS) is 11.4. The fourth-order valence-corrected chi connectivity index (χ4v) is 2.32. The summed E-state index contributed by atoms with van der Waals surface area (Å²) in [6, 6.07) is 14.5. The molecule has 2 amide bonds. The van der Waals surface area contributed by atoms with Crippen molar-refractivity contribution in [3.05, 3.63) is 66.0 Å². The highest BCUT2D eigenvalue weighted by molar-refractivity contribution is 5.89. The quantitative estimate of drug-likeness (QED) is 0.757. The highest BCUT2D eigenvalue weighted by Crippen LogP contribution is 2.11. The van der Waals surface area contributed by atoms with E-state index in [1.165, 1.54) is 24.3 Å². The molecule has 0 aliphatic heterocycles. The summed E-state index contributed by atoms with van der Waals surface area (Å²) < 4.78 is 18.0. The van der Waals surface area contributed by atoms with Crippen molar-refractivity contribution in [1.82, 2.24) is 5.32 Å². The van der Waals surface area contributed by atoms with Crippen LogP contribution in [0.25, 0.3) is 0 Å². The minimum absolute atomic E-state index is 0.140. The Hall–Kier alpha value is -2.89. The van der Waals surface area contributed by atoms with Crippen LogP contribution in [0, 0.1) is 11.7 Å². The predicted molar refractivity (Wildman–Crippen MR) is 93.7 cm³/mol. The van der Waals surface area contributed by atoms with Crippen LogP contribution in [-0.2, 0) is 16.0 Å². The second kappa shape index (κ2) is 9.42. The van der Waals surface area contributed by atoms with Gasteiger partial charge in [-0.05, 0) is 43.2 Å². The highest BCUT2D eigenvalue weighted by Gasteiger charge is 2.21. The van der Waals surface area contributed by atoms with Gasteiger partial charge in [0.05, 0.1) is 12.5 Å². The van der Waals surface area contributed by atoms with Crippen molar-refractivity contribution >= 4 is 17.7 Å². The van der Waals surface area contributed by atoms with E-state index in [4.69, 9.17) is 4.74 Å². The molecule has 2 rings (SSSR count). The first-order valence-electron chi connectivity index (χ1n) is 8.09. The first-order valence-corrected chi connectivity index (χ1v) is 8.09. The molecule has 0 bridgehead atoms. The SMILES string of the molecule is CCOC(=O)C(CNC(=O)Nc1ccc(F)cc1)Cc1ccccc1. The zero-order chi connectivity index (χ0) is 18.1. The third-order valence-corrected chi connectivity index (χ3v) is 3.56. The molecule has 0 saturated heterocycles. The maximum atomic E-state index is 12.9. The summed E-state index contributed by atoms with van der Waals surface area (Å²) >= 11 is 0. The van der Waals surface area contributed by atoms with E-state index in [1.54, 1.807) is 6.92 Å². The summed E-state index contributed by atoms with van der Waals surface area (Å²) in [6.07, 6.45) is 0.469. The third kappa shape index (κ3) is 6.25. The van der Waals surface area contributed by atoms with Gasteiger partial charge in [0, 0.05) is 12.2 Å². The van der Waals surface area contributed by atoms with Crippen molar-refractivity contribution < 1.29 is 18.7 Å². The van der Waals surface area contributed by atoms with Crippen LogP contribution < -0.4 is 10.6 Å². The highest BCUT2D eigenvalue weighted by atomic mass is 19.1. The Labute approximate surface area is 146 Å². The van der Waals surface area contributed by atoms with Crippen molar-refractivity contribution in [3.8, 4) is 0 Å². The summed E-state index contributed by atoms with van der Waals surface area (Å²) in [5.74, 6) is -1.22. The van der Waals surface area contributed by atoms with Gasteiger partial charge in [-0.15, -0.1) is 0 Å². The molecule has 0 aromatic heterocycles. The van der Waals surface area contributed by atoms with Crippen molar-refractivity contribution in [2.75, 3.05) is 18.5 Å². The van der Waals surface area contributed by atoms with Crippen LogP contribution in [0.4, 0.5) is 14.9 Å². The van der Waals surface area contributed by atoms with E-state index < -0.39 is 11.9 Å². The number of hydrogen-bond acceptors (Lipinski definition) is 3. The van der Waals surface area contributed by atoms with Crippen LogP contribution in [0.5, 0.6) is 0 Å². The van der Waals surface area contributed by atoms with E-state index in [1.807, 2.05) is 30.3 Å². The molecule has 0 saturated carbocycles. The maximum absolute atomic E-state index is 12.9. The average molecular weight is 344 g/mol. The van der Waals surface area contributed by atoms with Crippen LogP contribution in [0.2, 0.25) is 0 Å². The molecular weight excluding hydrogens is 323 g/mol.